The third-order valence-electron chi connectivity index (χ3n) is 3.38. The Labute approximate surface area is 107 Å². The molecule has 0 amide bonds. The second kappa shape index (κ2) is 5.67. The minimum atomic E-state index is -0.237. The van der Waals surface area contributed by atoms with E-state index in [2.05, 4.69) is 12.2 Å². The lowest BCUT2D eigenvalue weighted by Gasteiger charge is -2.23. The van der Waals surface area contributed by atoms with E-state index in [1.807, 2.05) is 0 Å². The number of methoxy groups -OCH3 is 1. The first-order valence-corrected chi connectivity index (χ1v) is 6.30. The minimum absolute atomic E-state index is 0.0943. The molecule has 0 aromatic heterocycles. The van der Waals surface area contributed by atoms with Crippen LogP contribution in [0.2, 0.25) is 0 Å². The number of rotatable bonds is 5. The molecule has 1 fully saturated rings. The van der Waals surface area contributed by atoms with Crippen LogP contribution in [0.3, 0.4) is 0 Å². The lowest BCUT2D eigenvalue weighted by atomic mass is 10.0. The molecule has 0 spiro atoms. The summed E-state index contributed by atoms with van der Waals surface area (Å²) in [6.07, 6.45) is 2.17. The molecule has 0 radical (unpaired) electrons. The second-order valence-electron chi connectivity index (χ2n) is 4.96. The van der Waals surface area contributed by atoms with Gasteiger partial charge in [-0.3, -0.25) is 0 Å². The van der Waals surface area contributed by atoms with Crippen LogP contribution in [-0.4, -0.2) is 25.9 Å². The van der Waals surface area contributed by atoms with Crippen LogP contribution in [0.4, 0.5) is 4.39 Å². The van der Waals surface area contributed by atoms with E-state index in [0.717, 1.165) is 26.0 Å². The standard InChI is InChI=1S/C14H20FNO2/c1-14(6-3-7-18-14)10-16-9-11-4-5-12(17-2)8-13(11)15/h4-5,8,16H,3,6-7,9-10H2,1-2H3. The average molecular weight is 253 g/mol. The quantitative estimate of drug-likeness (QED) is 0.874. The molecule has 1 unspecified atom stereocenters. The summed E-state index contributed by atoms with van der Waals surface area (Å²) in [4.78, 5) is 0. The molecule has 1 atom stereocenters. The normalized spacial score (nSPS) is 23.3. The van der Waals surface area contributed by atoms with Crippen LogP contribution in [0.15, 0.2) is 18.2 Å². The molecule has 0 aliphatic carbocycles. The summed E-state index contributed by atoms with van der Waals surface area (Å²) in [5.41, 5.74) is 0.556. The van der Waals surface area contributed by atoms with Crippen molar-refractivity contribution in [1.29, 1.82) is 0 Å². The smallest absolute Gasteiger partial charge is 0.131 e. The Morgan fingerprint density at radius 3 is 2.94 bits per heavy atom. The molecule has 4 heteroatoms. The summed E-state index contributed by atoms with van der Waals surface area (Å²) in [5.74, 6) is 0.307. The van der Waals surface area contributed by atoms with Crippen molar-refractivity contribution in [1.82, 2.24) is 5.32 Å². The van der Waals surface area contributed by atoms with E-state index in [4.69, 9.17) is 9.47 Å². The predicted molar refractivity (Wildman–Crippen MR) is 68.2 cm³/mol. The Morgan fingerprint density at radius 2 is 2.33 bits per heavy atom. The molecule has 1 saturated heterocycles. The van der Waals surface area contributed by atoms with E-state index >= 15 is 0 Å². The molecule has 1 aromatic carbocycles. The Morgan fingerprint density at radius 1 is 1.50 bits per heavy atom. The molecule has 2 rings (SSSR count). The van der Waals surface area contributed by atoms with Gasteiger partial charge in [0.2, 0.25) is 0 Å². The number of hydrogen-bond acceptors (Lipinski definition) is 3. The third kappa shape index (κ3) is 3.21. The number of halogens is 1. The highest BCUT2D eigenvalue weighted by atomic mass is 19.1. The zero-order chi connectivity index (χ0) is 13.0. The Hall–Kier alpha value is -1.13. The third-order valence-corrected chi connectivity index (χ3v) is 3.38. The molecule has 100 valence electrons. The zero-order valence-corrected chi connectivity index (χ0v) is 11.0. The van der Waals surface area contributed by atoms with E-state index in [0.29, 0.717) is 17.9 Å². The van der Waals surface area contributed by atoms with Gasteiger partial charge in [-0.05, 0) is 25.8 Å². The van der Waals surface area contributed by atoms with Gasteiger partial charge in [0.1, 0.15) is 11.6 Å². The van der Waals surface area contributed by atoms with Crippen LogP contribution in [0.25, 0.3) is 0 Å². The molecule has 0 bridgehead atoms. The first-order valence-electron chi connectivity index (χ1n) is 6.30. The molecule has 1 N–H and O–H groups in total. The maximum Gasteiger partial charge on any atom is 0.131 e. The summed E-state index contributed by atoms with van der Waals surface area (Å²) >= 11 is 0. The maximum atomic E-state index is 13.7. The summed E-state index contributed by atoms with van der Waals surface area (Å²) in [6, 6.07) is 4.93. The van der Waals surface area contributed by atoms with Gasteiger partial charge in [0.15, 0.2) is 0 Å². The van der Waals surface area contributed by atoms with Gasteiger partial charge in [-0.1, -0.05) is 6.07 Å². The number of hydrogen-bond donors (Lipinski definition) is 1. The Balaban J connectivity index is 1.86. The van der Waals surface area contributed by atoms with Crippen LogP contribution in [0.5, 0.6) is 5.75 Å². The number of benzene rings is 1. The second-order valence-corrected chi connectivity index (χ2v) is 4.96. The molecule has 1 aliphatic heterocycles. The molecule has 0 saturated carbocycles. The van der Waals surface area contributed by atoms with E-state index in [1.54, 1.807) is 12.1 Å². The van der Waals surface area contributed by atoms with Crippen molar-refractivity contribution in [3.05, 3.63) is 29.6 Å². The highest BCUT2D eigenvalue weighted by molar-refractivity contribution is 5.28. The van der Waals surface area contributed by atoms with Crippen molar-refractivity contribution in [2.24, 2.45) is 0 Å². The molecule has 1 aliphatic rings. The minimum Gasteiger partial charge on any atom is -0.497 e. The highest BCUT2D eigenvalue weighted by Gasteiger charge is 2.29. The van der Waals surface area contributed by atoms with Crippen LogP contribution in [0.1, 0.15) is 25.3 Å². The van der Waals surface area contributed by atoms with Crippen molar-refractivity contribution < 1.29 is 13.9 Å². The van der Waals surface area contributed by atoms with Gasteiger partial charge in [0, 0.05) is 31.3 Å². The Bertz CT molecular complexity index is 403. The molecule has 18 heavy (non-hydrogen) atoms. The highest BCUT2D eigenvalue weighted by Crippen LogP contribution is 2.24. The van der Waals surface area contributed by atoms with E-state index in [9.17, 15) is 4.39 Å². The fourth-order valence-electron chi connectivity index (χ4n) is 2.24. The molecule has 1 heterocycles. The van der Waals surface area contributed by atoms with Crippen LogP contribution >= 0.6 is 0 Å². The first kappa shape index (κ1) is 13.3. The Kier molecular flexibility index (Phi) is 4.19. The van der Waals surface area contributed by atoms with E-state index in [1.165, 1.54) is 13.2 Å². The number of nitrogens with one attached hydrogen (secondary N) is 1. The lowest BCUT2D eigenvalue weighted by molar-refractivity contribution is 0.0206. The average Bonchev–Trinajstić information content (AvgIpc) is 2.78. The zero-order valence-electron chi connectivity index (χ0n) is 11.0. The van der Waals surface area contributed by atoms with Crippen molar-refractivity contribution in [2.45, 2.75) is 31.9 Å². The molecule has 3 nitrogen and oxygen atoms in total. The fourth-order valence-corrected chi connectivity index (χ4v) is 2.24. The van der Waals surface area contributed by atoms with Crippen molar-refractivity contribution in [2.75, 3.05) is 20.3 Å². The van der Waals surface area contributed by atoms with Gasteiger partial charge < -0.3 is 14.8 Å². The van der Waals surface area contributed by atoms with Gasteiger partial charge in [-0.2, -0.15) is 0 Å². The predicted octanol–water partition coefficient (Wildman–Crippen LogP) is 2.49. The molecular formula is C14H20FNO2. The van der Waals surface area contributed by atoms with E-state index in [-0.39, 0.29) is 11.4 Å². The summed E-state index contributed by atoms with van der Waals surface area (Å²) < 4.78 is 24.3. The summed E-state index contributed by atoms with van der Waals surface area (Å²) in [5, 5.41) is 3.26. The maximum absolute atomic E-state index is 13.7. The monoisotopic (exact) mass is 253 g/mol. The summed E-state index contributed by atoms with van der Waals surface area (Å²) in [6.45, 7) is 4.18. The van der Waals surface area contributed by atoms with Crippen molar-refractivity contribution in [3.63, 3.8) is 0 Å². The summed E-state index contributed by atoms with van der Waals surface area (Å²) in [7, 11) is 1.53. The molecule has 1 aromatic rings. The fraction of sp³-hybridized carbons (Fsp3) is 0.571. The van der Waals surface area contributed by atoms with Gasteiger partial charge in [-0.25, -0.2) is 4.39 Å². The number of ether oxygens (including phenoxy) is 2. The van der Waals surface area contributed by atoms with Gasteiger partial charge in [-0.15, -0.1) is 0 Å². The van der Waals surface area contributed by atoms with Crippen molar-refractivity contribution in [3.8, 4) is 5.75 Å². The van der Waals surface area contributed by atoms with Gasteiger partial charge in [0.25, 0.3) is 0 Å². The van der Waals surface area contributed by atoms with Crippen molar-refractivity contribution >= 4 is 0 Å². The first-order chi connectivity index (χ1) is 8.63. The van der Waals surface area contributed by atoms with Crippen LogP contribution < -0.4 is 10.1 Å². The van der Waals surface area contributed by atoms with Gasteiger partial charge in [0.05, 0.1) is 12.7 Å². The SMILES string of the molecule is COc1ccc(CNCC2(C)CCCO2)c(F)c1. The van der Waals surface area contributed by atoms with Gasteiger partial charge >= 0.3 is 0 Å². The lowest BCUT2D eigenvalue weighted by Crippen LogP contribution is -2.36. The van der Waals surface area contributed by atoms with E-state index < -0.39 is 0 Å². The molecular weight excluding hydrogens is 233 g/mol. The van der Waals surface area contributed by atoms with Crippen LogP contribution in [0, 0.1) is 5.82 Å². The largest absolute Gasteiger partial charge is 0.497 e. The topological polar surface area (TPSA) is 30.5 Å². The van der Waals surface area contributed by atoms with Crippen LogP contribution in [-0.2, 0) is 11.3 Å².